The molecule has 1 aromatic heterocycles. The Balaban J connectivity index is 1.53. The Labute approximate surface area is 237 Å². The summed E-state index contributed by atoms with van der Waals surface area (Å²) in [4.78, 5) is 27.7. The molecule has 4 rings (SSSR count). The summed E-state index contributed by atoms with van der Waals surface area (Å²) in [5, 5.41) is 3.29. The third-order valence-electron chi connectivity index (χ3n) is 6.73. The van der Waals surface area contributed by atoms with Crippen LogP contribution in [0, 0.1) is 11.6 Å². The van der Waals surface area contributed by atoms with Gasteiger partial charge in [0.2, 0.25) is 0 Å². The number of halogens is 2. The molecule has 3 aromatic carbocycles. The smallest absolute Gasteiger partial charge is 0.340 e. The molecule has 7 nitrogen and oxygen atoms in total. The molecular weight excluding hydrogens is 528 g/mol. The zero-order chi connectivity index (χ0) is 29.4. The molecule has 0 radical (unpaired) electrons. The van der Waals surface area contributed by atoms with Crippen LogP contribution >= 0.6 is 0 Å². The highest BCUT2D eigenvalue weighted by Gasteiger charge is 2.27. The van der Waals surface area contributed by atoms with Gasteiger partial charge in [0.25, 0.3) is 5.91 Å². The van der Waals surface area contributed by atoms with Gasteiger partial charge in [-0.25, -0.2) is 13.6 Å². The van der Waals surface area contributed by atoms with Gasteiger partial charge in [-0.15, -0.1) is 0 Å². The van der Waals surface area contributed by atoms with Gasteiger partial charge in [0, 0.05) is 32.2 Å². The first-order valence-electron chi connectivity index (χ1n) is 13.4. The number of benzene rings is 3. The quantitative estimate of drug-likeness (QED) is 0.229. The molecule has 0 aliphatic carbocycles. The number of carbonyl (C=O) groups excluding carboxylic acids is 2. The number of furan rings is 1. The SMILES string of the molecule is CCc1cccc(CNCC(OC(=O)c2ccccc2N(C)C(=O)c2ccco2)C(N)Cc2cc(F)cc(F)c2)c1. The van der Waals surface area contributed by atoms with Crippen molar-refractivity contribution >= 4 is 17.6 Å². The van der Waals surface area contributed by atoms with Gasteiger partial charge < -0.3 is 25.1 Å². The van der Waals surface area contributed by atoms with Gasteiger partial charge in [-0.1, -0.05) is 43.3 Å². The molecule has 0 spiro atoms. The number of anilines is 1. The van der Waals surface area contributed by atoms with Gasteiger partial charge in [-0.2, -0.15) is 0 Å². The van der Waals surface area contributed by atoms with Crippen LogP contribution in [0.15, 0.2) is 89.5 Å². The number of hydrogen-bond acceptors (Lipinski definition) is 6. The molecular formula is C32H33F2N3O4. The average Bonchev–Trinajstić information content (AvgIpc) is 3.50. The second-order valence-electron chi connectivity index (χ2n) is 9.75. The summed E-state index contributed by atoms with van der Waals surface area (Å²) in [5.74, 6) is -2.44. The number of carbonyl (C=O) groups is 2. The molecule has 2 atom stereocenters. The van der Waals surface area contributed by atoms with Crippen LogP contribution in [-0.2, 0) is 24.1 Å². The zero-order valence-corrected chi connectivity index (χ0v) is 23.0. The van der Waals surface area contributed by atoms with Gasteiger partial charge in [0.15, 0.2) is 5.76 Å². The van der Waals surface area contributed by atoms with Crippen molar-refractivity contribution in [3.63, 3.8) is 0 Å². The molecule has 0 saturated heterocycles. The maximum absolute atomic E-state index is 13.8. The van der Waals surface area contributed by atoms with Gasteiger partial charge in [-0.3, -0.25) is 4.79 Å². The molecule has 0 saturated carbocycles. The topological polar surface area (TPSA) is 97.8 Å². The number of nitrogens with zero attached hydrogens (tertiary/aromatic N) is 1. The Morgan fingerprint density at radius 1 is 0.951 bits per heavy atom. The van der Waals surface area contributed by atoms with Crippen molar-refractivity contribution in [3.05, 3.63) is 125 Å². The maximum Gasteiger partial charge on any atom is 0.340 e. The second-order valence-corrected chi connectivity index (χ2v) is 9.75. The van der Waals surface area contributed by atoms with Crippen LogP contribution in [-0.4, -0.2) is 37.6 Å². The Hall–Kier alpha value is -4.34. The number of hydrogen-bond donors (Lipinski definition) is 2. The third-order valence-corrected chi connectivity index (χ3v) is 6.73. The van der Waals surface area contributed by atoms with E-state index in [2.05, 4.69) is 18.3 Å². The number of esters is 1. The van der Waals surface area contributed by atoms with E-state index in [9.17, 15) is 18.4 Å². The molecule has 214 valence electrons. The van der Waals surface area contributed by atoms with E-state index in [0.29, 0.717) is 17.8 Å². The number of nitrogens with two attached hydrogens (primary N) is 1. The lowest BCUT2D eigenvalue weighted by molar-refractivity contribution is 0.0239. The van der Waals surface area contributed by atoms with E-state index < -0.39 is 35.7 Å². The summed E-state index contributed by atoms with van der Waals surface area (Å²) in [6.45, 7) is 2.76. The summed E-state index contributed by atoms with van der Waals surface area (Å²) in [6, 6.07) is 20.2. The van der Waals surface area contributed by atoms with Crippen LogP contribution in [0.3, 0.4) is 0 Å². The maximum atomic E-state index is 13.8. The molecule has 41 heavy (non-hydrogen) atoms. The van der Waals surface area contributed by atoms with E-state index in [-0.39, 0.29) is 24.3 Å². The Morgan fingerprint density at radius 3 is 2.39 bits per heavy atom. The van der Waals surface area contributed by atoms with Crippen molar-refractivity contribution < 1.29 is 27.5 Å². The number of aryl methyl sites for hydroxylation is 1. The Kier molecular flexibility index (Phi) is 10.00. The average molecular weight is 562 g/mol. The fourth-order valence-electron chi connectivity index (χ4n) is 4.55. The van der Waals surface area contributed by atoms with E-state index in [1.54, 1.807) is 30.3 Å². The first-order chi connectivity index (χ1) is 19.7. The van der Waals surface area contributed by atoms with Crippen molar-refractivity contribution in [3.8, 4) is 0 Å². The molecule has 1 heterocycles. The monoisotopic (exact) mass is 561 g/mol. The predicted octanol–water partition coefficient (Wildman–Crippen LogP) is 5.28. The lowest BCUT2D eigenvalue weighted by Crippen LogP contribution is -2.46. The minimum absolute atomic E-state index is 0.0676. The number of amides is 1. The Bertz CT molecular complexity index is 1460. The van der Waals surface area contributed by atoms with E-state index in [0.717, 1.165) is 18.1 Å². The highest BCUT2D eigenvalue weighted by Crippen LogP contribution is 2.23. The highest BCUT2D eigenvalue weighted by atomic mass is 19.1. The van der Waals surface area contributed by atoms with Gasteiger partial charge in [0.05, 0.1) is 17.5 Å². The molecule has 2 unspecified atom stereocenters. The lowest BCUT2D eigenvalue weighted by Gasteiger charge is -2.26. The molecule has 0 aliphatic heterocycles. The number of rotatable bonds is 12. The highest BCUT2D eigenvalue weighted by molar-refractivity contribution is 6.08. The van der Waals surface area contributed by atoms with Crippen LogP contribution in [0.2, 0.25) is 0 Å². The molecule has 3 N–H and O–H groups in total. The summed E-state index contributed by atoms with van der Waals surface area (Å²) in [6.07, 6.45) is 1.50. The summed E-state index contributed by atoms with van der Waals surface area (Å²) in [5.41, 5.74) is 9.54. The fourth-order valence-corrected chi connectivity index (χ4v) is 4.55. The molecule has 0 fully saturated rings. The van der Waals surface area contributed by atoms with Crippen molar-refractivity contribution in [2.75, 3.05) is 18.5 Å². The molecule has 9 heteroatoms. The minimum atomic E-state index is -0.859. The van der Waals surface area contributed by atoms with Crippen LogP contribution in [0.5, 0.6) is 0 Å². The van der Waals surface area contributed by atoms with Crippen molar-refractivity contribution in [1.29, 1.82) is 0 Å². The number of ether oxygens (including phenoxy) is 1. The predicted molar refractivity (Wildman–Crippen MR) is 153 cm³/mol. The molecule has 0 bridgehead atoms. The first-order valence-corrected chi connectivity index (χ1v) is 13.4. The van der Waals surface area contributed by atoms with Crippen LogP contribution in [0.4, 0.5) is 14.5 Å². The summed E-state index contributed by atoms with van der Waals surface area (Å²) < 4.78 is 38.8. The molecule has 4 aromatic rings. The molecule has 0 aliphatic rings. The summed E-state index contributed by atoms with van der Waals surface area (Å²) >= 11 is 0. The summed E-state index contributed by atoms with van der Waals surface area (Å²) in [7, 11) is 1.53. The van der Waals surface area contributed by atoms with Crippen LogP contribution < -0.4 is 16.0 Å². The van der Waals surface area contributed by atoms with Crippen LogP contribution in [0.1, 0.15) is 44.5 Å². The molecule has 1 amide bonds. The van der Waals surface area contributed by atoms with E-state index >= 15 is 0 Å². The fraction of sp³-hybridized carbons (Fsp3) is 0.250. The van der Waals surface area contributed by atoms with E-state index in [4.69, 9.17) is 14.9 Å². The van der Waals surface area contributed by atoms with Crippen molar-refractivity contribution in [2.24, 2.45) is 5.73 Å². The van der Waals surface area contributed by atoms with Gasteiger partial charge in [0.1, 0.15) is 17.7 Å². The lowest BCUT2D eigenvalue weighted by atomic mass is 10.0. The number of nitrogens with one attached hydrogen (secondary N) is 1. The van der Waals surface area contributed by atoms with E-state index in [1.165, 1.54) is 42.0 Å². The first kappa shape index (κ1) is 29.6. The van der Waals surface area contributed by atoms with Crippen LogP contribution in [0.25, 0.3) is 0 Å². The van der Waals surface area contributed by atoms with Gasteiger partial charge in [-0.05, 0) is 65.9 Å². The largest absolute Gasteiger partial charge is 0.459 e. The Morgan fingerprint density at radius 2 is 1.68 bits per heavy atom. The zero-order valence-electron chi connectivity index (χ0n) is 23.0. The minimum Gasteiger partial charge on any atom is -0.459 e. The van der Waals surface area contributed by atoms with Crippen molar-refractivity contribution in [2.45, 2.75) is 38.5 Å². The van der Waals surface area contributed by atoms with Crippen molar-refractivity contribution in [1.82, 2.24) is 5.32 Å². The normalized spacial score (nSPS) is 12.5. The third kappa shape index (κ3) is 7.87. The van der Waals surface area contributed by atoms with Gasteiger partial charge >= 0.3 is 5.97 Å². The number of para-hydroxylation sites is 1. The standard InChI is InChI=1S/C32H33F2N3O4/c1-3-21-8-6-9-22(14-21)19-36-20-30(27(35)17-23-15-24(33)18-25(34)16-23)41-32(39)26-10-4-5-11-28(26)37(2)31(38)29-12-7-13-40-29/h4-16,18,27,30,36H,3,17,19-20,35H2,1-2H3. The second kappa shape index (κ2) is 13.8. The van der Waals surface area contributed by atoms with E-state index in [1.807, 2.05) is 18.2 Å².